The van der Waals surface area contributed by atoms with Crippen molar-refractivity contribution in [1.82, 2.24) is 4.98 Å². The highest BCUT2D eigenvalue weighted by molar-refractivity contribution is 7.19. The normalized spacial score (nSPS) is 12.1. The van der Waals surface area contributed by atoms with Crippen molar-refractivity contribution in [2.24, 2.45) is 5.73 Å². The SMILES string of the molecule is Cc1ccc(NC(=O)[C@H](N)Cc2sc3c(NCc4ccco4)cc(Cl)nc3c2C)cc1. The molecule has 0 bridgehead atoms. The van der Waals surface area contributed by atoms with Crippen LogP contribution < -0.4 is 16.4 Å². The van der Waals surface area contributed by atoms with Gasteiger partial charge in [0.1, 0.15) is 10.9 Å². The lowest BCUT2D eigenvalue weighted by atomic mass is 10.1. The van der Waals surface area contributed by atoms with Crippen LogP contribution >= 0.6 is 22.9 Å². The molecule has 0 aliphatic carbocycles. The van der Waals surface area contributed by atoms with E-state index < -0.39 is 6.04 Å². The second-order valence-electron chi connectivity index (χ2n) is 7.42. The minimum Gasteiger partial charge on any atom is -0.467 e. The van der Waals surface area contributed by atoms with Crippen molar-refractivity contribution in [2.75, 3.05) is 10.6 Å². The van der Waals surface area contributed by atoms with Crippen molar-refractivity contribution >= 4 is 50.4 Å². The smallest absolute Gasteiger partial charge is 0.241 e. The summed E-state index contributed by atoms with van der Waals surface area (Å²) in [7, 11) is 0. The lowest BCUT2D eigenvalue weighted by Crippen LogP contribution is -2.37. The molecule has 6 nitrogen and oxygen atoms in total. The van der Waals surface area contributed by atoms with Crippen LogP contribution in [0.15, 0.2) is 53.1 Å². The second-order valence-corrected chi connectivity index (χ2v) is 8.91. The van der Waals surface area contributed by atoms with Crippen LogP contribution in [-0.4, -0.2) is 16.9 Å². The molecule has 8 heteroatoms. The van der Waals surface area contributed by atoms with Crippen molar-refractivity contribution in [2.45, 2.75) is 32.9 Å². The summed E-state index contributed by atoms with van der Waals surface area (Å²) in [6.07, 6.45) is 2.06. The molecule has 4 N–H and O–H groups in total. The van der Waals surface area contributed by atoms with Crippen molar-refractivity contribution in [1.29, 1.82) is 0 Å². The third-order valence-electron chi connectivity index (χ3n) is 5.03. The summed E-state index contributed by atoms with van der Waals surface area (Å²) in [6, 6.07) is 12.5. The fraction of sp³-hybridized carbons (Fsp3) is 0.217. The van der Waals surface area contributed by atoms with Gasteiger partial charge < -0.3 is 20.8 Å². The van der Waals surface area contributed by atoms with Crippen LogP contribution in [0.3, 0.4) is 0 Å². The number of halogens is 1. The van der Waals surface area contributed by atoms with Crippen LogP contribution in [-0.2, 0) is 17.8 Å². The maximum Gasteiger partial charge on any atom is 0.241 e. The summed E-state index contributed by atoms with van der Waals surface area (Å²) in [5.74, 6) is 0.604. The van der Waals surface area contributed by atoms with E-state index in [-0.39, 0.29) is 5.91 Å². The summed E-state index contributed by atoms with van der Waals surface area (Å²) >= 11 is 7.84. The number of nitrogens with one attached hydrogen (secondary N) is 2. The van der Waals surface area contributed by atoms with Gasteiger partial charge in [-0.1, -0.05) is 29.3 Å². The van der Waals surface area contributed by atoms with Crippen molar-refractivity contribution < 1.29 is 9.21 Å². The first-order valence-electron chi connectivity index (χ1n) is 9.88. The molecule has 1 aromatic carbocycles. The Bertz CT molecular complexity index is 1200. The highest BCUT2D eigenvalue weighted by atomic mass is 35.5. The molecule has 3 heterocycles. The van der Waals surface area contributed by atoms with Crippen LogP contribution in [0.4, 0.5) is 11.4 Å². The average molecular weight is 455 g/mol. The Morgan fingerprint density at radius 1 is 1.26 bits per heavy atom. The van der Waals surface area contributed by atoms with E-state index in [9.17, 15) is 4.79 Å². The van der Waals surface area contributed by atoms with Gasteiger partial charge in [0.2, 0.25) is 5.91 Å². The zero-order chi connectivity index (χ0) is 22.0. The minimum absolute atomic E-state index is 0.220. The highest BCUT2D eigenvalue weighted by Crippen LogP contribution is 2.37. The largest absolute Gasteiger partial charge is 0.467 e. The summed E-state index contributed by atoms with van der Waals surface area (Å²) < 4.78 is 6.37. The number of carbonyl (C=O) groups is 1. The van der Waals surface area contributed by atoms with E-state index in [1.165, 1.54) is 0 Å². The van der Waals surface area contributed by atoms with E-state index >= 15 is 0 Å². The molecule has 31 heavy (non-hydrogen) atoms. The summed E-state index contributed by atoms with van der Waals surface area (Å²) in [6.45, 7) is 4.52. The molecule has 3 aromatic heterocycles. The summed E-state index contributed by atoms with van der Waals surface area (Å²) in [5.41, 5.74) is 10.8. The fourth-order valence-electron chi connectivity index (χ4n) is 3.28. The Morgan fingerprint density at radius 3 is 2.74 bits per heavy atom. The molecule has 160 valence electrons. The van der Waals surface area contributed by atoms with E-state index in [1.807, 2.05) is 50.2 Å². The molecule has 0 spiro atoms. The van der Waals surface area contributed by atoms with Crippen LogP contribution in [0.25, 0.3) is 10.2 Å². The number of pyridine rings is 1. The molecule has 1 atom stereocenters. The Balaban J connectivity index is 1.53. The van der Waals surface area contributed by atoms with E-state index in [1.54, 1.807) is 23.7 Å². The van der Waals surface area contributed by atoms with Crippen molar-refractivity contribution in [3.05, 3.63) is 75.6 Å². The molecule has 0 radical (unpaired) electrons. The number of aromatic nitrogens is 1. The zero-order valence-corrected chi connectivity index (χ0v) is 18.8. The van der Waals surface area contributed by atoms with Gasteiger partial charge in [-0.3, -0.25) is 4.79 Å². The molecule has 0 unspecified atom stereocenters. The third kappa shape index (κ3) is 4.90. The first-order valence-corrected chi connectivity index (χ1v) is 11.1. The van der Waals surface area contributed by atoms with E-state index in [2.05, 4.69) is 15.6 Å². The van der Waals surface area contributed by atoms with Gasteiger partial charge in [-0.15, -0.1) is 11.3 Å². The lowest BCUT2D eigenvalue weighted by Gasteiger charge is -2.12. The van der Waals surface area contributed by atoms with E-state index in [4.69, 9.17) is 21.8 Å². The first-order chi connectivity index (χ1) is 14.9. The highest BCUT2D eigenvalue weighted by Gasteiger charge is 2.20. The van der Waals surface area contributed by atoms with E-state index in [0.29, 0.717) is 18.1 Å². The molecule has 0 saturated heterocycles. The number of hydrogen-bond donors (Lipinski definition) is 3. The van der Waals surface area contributed by atoms with Crippen LogP contribution in [0, 0.1) is 13.8 Å². The van der Waals surface area contributed by atoms with Gasteiger partial charge in [0.15, 0.2) is 0 Å². The van der Waals surface area contributed by atoms with Gasteiger partial charge >= 0.3 is 0 Å². The summed E-state index contributed by atoms with van der Waals surface area (Å²) in [4.78, 5) is 18.1. The van der Waals surface area contributed by atoms with Gasteiger partial charge in [0, 0.05) is 23.1 Å². The molecule has 4 rings (SSSR count). The number of nitrogens with two attached hydrogens (primary N) is 1. The number of fused-ring (bicyclic) bond motifs is 1. The minimum atomic E-state index is -0.678. The number of anilines is 2. The predicted molar refractivity (Wildman–Crippen MR) is 127 cm³/mol. The molecule has 0 fully saturated rings. The first kappa shape index (κ1) is 21.4. The Kier molecular flexibility index (Phi) is 6.27. The predicted octanol–water partition coefficient (Wildman–Crippen LogP) is 5.28. The number of furan rings is 1. The van der Waals surface area contributed by atoms with Crippen LogP contribution in [0.2, 0.25) is 5.15 Å². The third-order valence-corrected chi connectivity index (χ3v) is 6.57. The number of rotatable bonds is 7. The lowest BCUT2D eigenvalue weighted by molar-refractivity contribution is -0.117. The molecular formula is C23H23ClN4O2S. The van der Waals surface area contributed by atoms with Crippen LogP contribution in [0.1, 0.15) is 21.8 Å². The van der Waals surface area contributed by atoms with Gasteiger partial charge in [0.25, 0.3) is 0 Å². The molecule has 0 saturated carbocycles. The Labute approximate surface area is 189 Å². The zero-order valence-electron chi connectivity index (χ0n) is 17.2. The second kappa shape index (κ2) is 9.09. The van der Waals surface area contributed by atoms with Gasteiger partial charge in [-0.25, -0.2) is 4.98 Å². The number of hydrogen-bond acceptors (Lipinski definition) is 6. The van der Waals surface area contributed by atoms with E-state index in [0.717, 1.165) is 43.4 Å². The summed E-state index contributed by atoms with van der Waals surface area (Å²) in [5, 5.41) is 6.65. The average Bonchev–Trinajstić information content (AvgIpc) is 3.37. The van der Waals surface area contributed by atoms with Crippen molar-refractivity contribution in [3.63, 3.8) is 0 Å². The quantitative estimate of drug-likeness (QED) is 0.330. The number of amides is 1. The maximum absolute atomic E-state index is 12.6. The number of carbonyl (C=O) groups excluding carboxylic acids is 1. The monoisotopic (exact) mass is 454 g/mol. The number of aryl methyl sites for hydroxylation is 2. The number of nitrogens with zero attached hydrogens (tertiary/aromatic N) is 1. The number of thiophene rings is 1. The van der Waals surface area contributed by atoms with Gasteiger partial charge in [-0.2, -0.15) is 0 Å². The molecule has 0 aliphatic heterocycles. The standard InChI is InChI=1S/C23H23ClN4O2S/c1-13-5-7-15(8-6-13)27-23(29)17(25)10-19-14(2)21-22(31-19)18(11-20(24)28-21)26-12-16-4-3-9-30-16/h3-9,11,17H,10,12,25H2,1-2H3,(H,26,28)(H,27,29)/t17-/m1/s1. The topological polar surface area (TPSA) is 93.2 Å². The number of benzene rings is 1. The molecule has 4 aromatic rings. The van der Waals surface area contributed by atoms with Gasteiger partial charge in [0.05, 0.1) is 34.8 Å². The Morgan fingerprint density at radius 2 is 2.03 bits per heavy atom. The molecule has 1 amide bonds. The van der Waals surface area contributed by atoms with Crippen molar-refractivity contribution in [3.8, 4) is 0 Å². The van der Waals surface area contributed by atoms with Crippen LogP contribution in [0.5, 0.6) is 0 Å². The Hall–Kier alpha value is -2.87. The maximum atomic E-state index is 12.6. The molecular weight excluding hydrogens is 432 g/mol. The molecule has 0 aliphatic rings. The fourth-order valence-corrected chi connectivity index (χ4v) is 4.77. The van der Waals surface area contributed by atoms with Gasteiger partial charge in [-0.05, 0) is 43.7 Å².